The molecule has 1 fully saturated rings. The average molecular weight is 424 g/mol. The first kappa shape index (κ1) is 23.0. The fourth-order valence-corrected chi connectivity index (χ4v) is 3.66. The zero-order valence-corrected chi connectivity index (χ0v) is 18.3. The maximum atomic E-state index is 10.9. The standard InChI is InChI=1S/C26H33NO4/c1-2-26(28)30-18-8-4-7-17-29-24-15-16-25(27-19-24)22-13-11-21(12-14-22)20-31-23-9-5-3-6-10-23/h2,11-16,19,23H,1,3-10,17-18,20H2. The molecule has 0 amide bonds. The Hall–Kier alpha value is -2.66. The van der Waals surface area contributed by atoms with E-state index in [2.05, 4.69) is 35.8 Å². The number of unbranched alkanes of at least 4 members (excludes halogenated alkanes) is 2. The molecule has 166 valence electrons. The van der Waals surface area contributed by atoms with Crippen molar-refractivity contribution in [2.45, 2.75) is 64.1 Å². The second kappa shape index (κ2) is 12.9. The molecule has 0 spiro atoms. The van der Waals surface area contributed by atoms with E-state index in [1.54, 1.807) is 6.20 Å². The zero-order valence-electron chi connectivity index (χ0n) is 18.3. The maximum Gasteiger partial charge on any atom is 0.330 e. The Balaban J connectivity index is 1.36. The van der Waals surface area contributed by atoms with Crippen molar-refractivity contribution in [1.82, 2.24) is 4.98 Å². The molecule has 1 saturated carbocycles. The third-order valence-electron chi connectivity index (χ3n) is 5.49. The van der Waals surface area contributed by atoms with Gasteiger partial charge in [-0.2, -0.15) is 0 Å². The van der Waals surface area contributed by atoms with Gasteiger partial charge in [0, 0.05) is 11.6 Å². The molecule has 0 aliphatic heterocycles. The van der Waals surface area contributed by atoms with Gasteiger partial charge in [0.25, 0.3) is 0 Å². The molecule has 5 nitrogen and oxygen atoms in total. The van der Waals surface area contributed by atoms with Gasteiger partial charge in [0.1, 0.15) is 5.75 Å². The summed E-state index contributed by atoms with van der Waals surface area (Å²) in [6.07, 6.45) is 12.4. The quantitative estimate of drug-likeness (QED) is 0.242. The van der Waals surface area contributed by atoms with Crippen LogP contribution in [0.15, 0.2) is 55.3 Å². The first-order valence-electron chi connectivity index (χ1n) is 11.3. The van der Waals surface area contributed by atoms with E-state index in [9.17, 15) is 4.79 Å². The topological polar surface area (TPSA) is 57.7 Å². The number of hydrogen-bond acceptors (Lipinski definition) is 5. The molecule has 0 atom stereocenters. The lowest BCUT2D eigenvalue weighted by Crippen LogP contribution is -2.16. The van der Waals surface area contributed by atoms with Crippen molar-refractivity contribution in [2.24, 2.45) is 0 Å². The molecule has 1 aliphatic carbocycles. The van der Waals surface area contributed by atoms with Gasteiger partial charge in [-0.05, 0) is 49.8 Å². The van der Waals surface area contributed by atoms with Gasteiger partial charge in [-0.3, -0.25) is 4.98 Å². The largest absolute Gasteiger partial charge is 0.492 e. The van der Waals surface area contributed by atoms with Crippen LogP contribution in [0.25, 0.3) is 11.3 Å². The van der Waals surface area contributed by atoms with Gasteiger partial charge < -0.3 is 14.2 Å². The van der Waals surface area contributed by atoms with Gasteiger partial charge in [-0.1, -0.05) is 50.1 Å². The normalized spacial score (nSPS) is 14.2. The number of hydrogen-bond donors (Lipinski definition) is 0. The Morgan fingerprint density at radius 1 is 1.00 bits per heavy atom. The van der Waals surface area contributed by atoms with Crippen LogP contribution in [0, 0.1) is 0 Å². The Labute approximate surface area is 185 Å². The van der Waals surface area contributed by atoms with Crippen LogP contribution in [-0.2, 0) is 20.9 Å². The second-order valence-electron chi connectivity index (χ2n) is 7.93. The Kier molecular flexibility index (Phi) is 9.58. The van der Waals surface area contributed by atoms with Crippen molar-refractivity contribution in [2.75, 3.05) is 13.2 Å². The lowest BCUT2D eigenvalue weighted by molar-refractivity contribution is -0.137. The number of benzene rings is 1. The molecule has 1 aliphatic rings. The number of aromatic nitrogens is 1. The third kappa shape index (κ3) is 8.18. The summed E-state index contributed by atoms with van der Waals surface area (Å²) in [6.45, 7) is 5.09. The van der Waals surface area contributed by atoms with Crippen molar-refractivity contribution in [1.29, 1.82) is 0 Å². The molecule has 1 aromatic heterocycles. The molecule has 2 aromatic rings. The van der Waals surface area contributed by atoms with Crippen LogP contribution in [0.4, 0.5) is 0 Å². The molecule has 5 heteroatoms. The van der Waals surface area contributed by atoms with Crippen LogP contribution in [0.3, 0.4) is 0 Å². The van der Waals surface area contributed by atoms with Crippen molar-refractivity contribution in [3.63, 3.8) is 0 Å². The summed E-state index contributed by atoms with van der Waals surface area (Å²) in [5.74, 6) is 0.393. The number of nitrogens with zero attached hydrogens (tertiary/aromatic N) is 1. The summed E-state index contributed by atoms with van der Waals surface area (Å²) < 4.78 is 16.8. The van der Waals surface area contributed by atoms with Gasteiger partial charge in [0.2, 0.25) is 0 Å². The minimum atomic E-state index is -0.371. The molecule has 0 bridgehead atoms. The van der Waals surface area contributed by atoms with Crippen LogP contribution < -0.4 is 4.74 Å². The van der Waals surface area contributed by atoms with Gasteiger partial charge in [-0.25, -0.2) is 4.79 Å². The smallest absolute Gasteiger partial charge is 0.330 e. The Bertz CT molecular complexity index is 795. The highest BCUT2D eigenvalue weighted by molar-refractivity contribution is 5.81. The number of rotatable bonds is 12. The first-order chi connectivity index (χ1) is 15.2. The summed E-state index contributed by atoms with van der Waals surface area (Å²) in [6, 6.07) is 12.4. The zero-order chi connectivity index (χ0) is 21.7. The lowest BCUT2D eigenvalue weighted by Gasteiger charge is -2.22. The van der Waals surface area contributed by atoms with Crippen LogP contribution >= 0.6 is 0 Å². The summed E-state index contributed by atoms with van der Waals surface area (Å²) >= 11 is 0. The number of carbonyl (C=O) groups is 1. The van der Waals surface area contributed by atoms with Crippen molar-refractivity contribution in [3.05, 3.63) is 60.8 Å². The molecule has 0 unspecified atom stereocenters. The van der Waals surface area contributed by atoms with E-state index in [0.29, 0.717) is 25.9 Å². The van der Waals surface area contributed by atoms with Gasteiger partial charge in [0.15, 0.2) is 0 Å². The van der Waals surface area contributed by atoms with Gasteiger partial charge >= 0.3 is 5.97 Å². The van der Waals surface area contributed by atoms with Crippen LogP contribution in [-0.4, -0.2) is 30.3 Å². The molecule has 3 rings (SSSR count). The lowest BCUT2D eigenvalue weighted by atomic mass is 9.98. The fourth-order valence-electron chi connectivity index (χ4n) is 3.66. The van der Waals surface area contributed by atoms with Gasteiger partial charge in [-0.15, -0.1) is 0 Å². The van der Waals surface area contributed by atoms with Crippen molar-refractivity contribution < 1.29 is 19.0 Å². The molecular formula is C26H33NO4. The monoisotopic (exact) mass is 423 g/mol. The molecule has 31 heavy (non-hydrogen) atoms. The molecule has 0 N–H and O–H groups in total. The minimum absolute atomic E-state index is 0.371. The number of pyridine rings is 1. The van der Waals surface area contributed by atoms with E-state index in [1.165, 1.54) is 43.7 Å². The number of esters is 1. The highest BCUT2D eigenvalue weighted by atomic mass is 16.5. The van der Waals surface area contributed by atoms with E-state index in [0.717, 1.165) is 36.3 Å². The van der Waals surface area contributed by atoms with E-state index >= 15 is 0 Å². The molecule has 1 aromatic carbocycles. The first-order valence-corrected chi connectivity index (χ1v) is 11.3. The van der Waals surface area contributed by atoms with E-state index in [-0.39, 0.29) is 5.97 Å². The predicted octanol–water partition coefficient (Wildman–Crippen LogP) is 5.88. The fraction of sp³-hybridized carbons (Fsp3) is 0.462. The summed E-state index contributed by atoms with van der Waals surface area (Å²) in [5.41, 5.74) is 3.21. The van der Waals surface area contributed by atoms with Gasteiger partial charge in [0.05, 0.1) is 37.8 Å². The SMILES string of the molecule is C=CC(=O)OCCCCCOc1ccc(-c2ccc(COC3CCCCC3)cc2)nc1. The van der Waals surface area contributed by atoms with E-state index < -0.39 is 0 Å². The van der Waals surface area contributed by atoms with Crippen LogP contribution in [0.2, 0.25) is 0 Å². The van der Waals surface area contributed by atoms with Crippen LogP contribution in [0.1, 0.15) is 56.9 Å². The molecule has 0 radical (unpaired) electrons. The second-order valence-corrected chi connectivity index (χ2v) is 7.93. The summed E-state index contributed by atoms with van der Waals surface area (Å²) in [7, 11) is 0. The molecule has 0 saturated heterocycles. The Morgan fingerprint density at radius 2 is 1.77 bits per heavy atom. The number of carbonyl (C=O) groups excluding carboxylic acids is 1. The summed E-state index contributed by atoms with van der Waals surface area (Å²) in [5, 5.41) is 0. The highest BCUT2D eigenvalue weighted by Gasteiger charge is 2.13. The van der Waals surface area contributed by atoms with E-state index in [1.807, 2.05) is 12.1 Å². The van der Waals surface area contributed by atoms with Crippen molar-refractivity contribution in [3.8, 4) is 17.0 Å². The maximum absolute atomic E-state index is 10.9. The Morgan fingerprint density at radius 3 is 2.48 bits per heavy atom. The average Bonchev–Trinajstić information content (AvgIpc) is 2.83. The van der Waals surface area contributed by atoms with Crippen molar-refractivity contribution >= 4 is 5.97 Å². The number of ether oxygens (including phenoxy) is 3. The van der Waals surface area contributed by atoms with Crippen LogP contribution in [0.5, 0.6) is 5.75 Å². The predicted molar refractivity (Wildman–Crippen MR) is 122 cm³/mol. The summed E-state index contributed by atoms with van der Waals surface area (Å²) in [4.78, 5) is 15.5. The van der Waals surface area contributed by atoms with E-state index in [4.69, 9.17) is 14.2 Å². The third-order valence-corrected chi connectivity index (χ3v) is 5.49. The molecular weight excluding hydrogens is 390 g/mol. The highest BCUT2D eigenvalue weighted by Crippen LogP contribution is 2.23. The minimum Gasteiger partial charge on any atom is -0.492 e. The molecule has 1 heterocycles.